The Morgan fingerprint density at radius 3 is 1.78 bits per heavy atom. The van der Waals surface area contributed by atoms with Gasteiger partial charge in [-0.05, 0) is 93.4 Å². The van der Waals surface area contributed by atoms with Gasteiger partial charge in [0.15, 0.2) is 23.3 Å². The van der Waals surface area contributed by atoms with Gasteiger partial charge in [-0.15, -0.1) is 10.2 Å². The number of benzene rings is 2. The van der Waals surface area contributed by atoms with Crippen LogP contribution in [0.25, 0.3) is 22.9 Å². The number of aromatic nitrogens is 2. The molecule has 9 rings (SSSR count). The molecular weight excluding hydrogens is 898 g/mol. The van der Waals surface area contributed by atoms with Crippen molar-refractivity contribution in [3.8, 4) is 28.7 Å². The van der Waals surface area contributed by atoms with E-state index < -0.39 is 80.2 Å². The Kier molecular flexibility index (Phi) is 13.1. The highest BCUT2D eigenvalue weighted by atomic mass is 19.2. The van der Waals surface area contributed by atoms with Crippen LogP contribution in [0.5, 0.6) is 5.75 Å². The second kappa shape index (κ2) is 18.3. The summed E-state index contributed by atoms with van der Waals surface area (Å²) >= 11 is 0. The van der Waals surface area contributed by atoms with Gasteiger partial charge in [0.25, 0.3) is 11.8 Å². The van der Waals surface area contributed by atoms with Gasteiger partial charge in [0.1, 0.15) is 34.1 Å². The Balaban J connectivity index is 1.04. The van der Waals surface area contributed by atoms with Crippen molar-refractivity contribution in [1.82, 2.24) is 10.2 Å². The zero-order valence-electron chi connectivity index (χ0n) is 39.7. The molecule has 16 heteroatoms. The molecule has 0 saturated carbocycles. The number of allylic oxidation sites excluding steroid dienone is 8. The molecule has 0 N–H and O–H groups in total. The van der Waals surface area contributed by atoms with E-state index in [2.05, 4.69) is 57.0 Å². The van der Waals surface area contributed by atoms with Crippen LogP contribution in [0.4, 0.5) is 30.7 Å². The van der Waals surface area contributed by atoms with Crippen LogP contribution in [0, 0.1) is 69.8 Å². The van der Waals surface area contributed by atoms with Crippen molar-refractivity contribution in [2.24, 2.45) is 29.1 Å². The molecule has 0 spiro atoms. The van der Waals surface area contributed by atoms with E-state index in [-0.39, 0.29) is 71.4 Å². The number of hydrogen-bond acceptors (Lipinski definition) is 9. The van der Waals surface area contributed by atoms with E-state index in [0.717, 1.165) is 36.8 Å². The molecule has 0 bridgehead atoms. The molecule has 3 aromatic rings. The molecule has 2 aromatic carbocycles. The fraction of sp³-hybridized carbons (Fsp3) is 0.577. The Bertz CT molecular complexity index is 2520. The smallest absolute Gasteiger partial charge is 0.254 e. The van der Waals surface area contributed by atoms with Gasteiger partial charge in [-0.3, -0.25) is 0 Å². The lowest BCUT2D eigenvalue weighted by atomic mass is 9.62. The third-order valence-corrected chi connectivity index (χ3v) is 15.2. The topological polar surface area (TPSA) is 108 Å². The summed E-state index contributed by atoms with van der Waals surface area (Å²) in [5.41, 5.74) is -2.50. The SMILES string of the molecule is CCC(C)(C)OC1=CC=C(C(C)(C)C2=CC=C(Oc3c(F)c(F)c(-c4nnc(-c5c(F)cc(C(C)(C)CC)c(F)c5F)o4)c(F)c3F)CC2C(CC2CO2)CC2CO2)CC1C(CC1CO1)C1CO1. The van der Waals surface area contributed by atoms with Crippen LogP contribution >= 0.6 is 0 Å². The van der Waals surface area contributed by atoms with Crippen LogP contribution in [0.3, 0.4) is 0 Å². The fourth-order valence-corrected chi connectivity index (χ4v) is 9.91. The van der Waals surface area contributed by atoms with E-state index in [0.29, 0.717) is 45.5 Å². The van der Waals surface area contributed by atoms with Crippen molar-refractivity contribution in [3.63, 3.8) is 0 Å². The molecule has 0 amide bonds. The van der Waals surface area contributed by atoms with Crippen LogP contribution in [-0.2, 0) is 29.1 Å². The van der Waals surface area contributed by atoms with Gasteiger partial charge in [0.2, 0.25) is 17.4 Å². The van der Waals surface area contributed by atoms with E-state index in [1.165, 1.54) is 5.57 Å². The van der Waals surface area contributed by atoms with E-state index in [4.69, 9.17) is 32.8 Å². The molecule has 4 fully saturated rings. The molecule has 1 aromatic heterocycles. The van der Waals surface area contributed by atoms with Crippen LogP contribution < -0.4 is 4.74 Å². The van der Waals surface area contributed by atoms with Crippen molar-refractivity contribution in [3.05, 3.63) is 99.3 Å². The monoisotopic (exact) mass is 956 g/mol. The number of hydrogen-bond donors (Lipinski definition) is 0. The Hall–Kier alpha value is -4.51. The minimum Gasteiger partial charge on any atom is -0.492 e. The van der Waals surface area contributed by atoms with E-state index in [9.17, 15) is 0 Å². The number of ether oxygens (including phenoxy) is 6. The van der Waals surface area contributed by atoms with Gasteiger partial charge >= 0.3 is 0 Å². The molecular formula is C52H59F7N2O7. The highest BCUT2D eigenvalue weighted by Crippen LogP contribution is 2.54. The minimum atomic E-state index is -1.96. The van der Waals surface area contributed by atoms with Crippen LogP contribution in [0.2, 0.25) is 0 Å². The summed E-state index contributed by atoms with van der Waals surface area (Å²) < 4.78 is 151. The second-order valence-corrected chi connectivity index (χ2v) is 21.0. The molecule has 368 valence electrons. The molecule has 0 radical (unpaired) electrons. The van der Waals surface area contributed by atoms with Crippen molar-refractivity contribution in [2.75, 3.05) is 26.4 Å². The number of epoxide rings is 4. The van der Waals surface area contributed by atoms with Gasteiger partial charge in [-0.2, -0.15) is 8.78 Å². The van der Waals surface area contributed by atoms with Gasteiger partial charge < -0.3 is 32.8 Å². The molecule has 68 heavy (non-hydrogen) atoms. The molecule has 4 aliphatic heterocycles. The van der Waals surface area contributed by atoms with Crippen LogP contribution in [-0.4, -0.2) is 66.6 Å². The maximum Gasteiger partial charge on any atom is 0.254 e. The maximum absolute atomic E-state index is 16.1. The predicted molar refractivity (Wildman–Crippen MR) is 236 cm³/mol. The van der Waals surface area contributed by atoms with Crippen LogP contribution in [0.1, 0.15) is 106 Å². The van der Waals surface area contributed by atoms with Crippen molar-refractivity contribution >= 4 is 0 Å². The van der Waals surface area contributed by atoms with E-state index in [1.807, 2.05) is 6.08 Å². The first kappa shape index (κ1) is 48.5. The maximum atomic E-state index is 16.1. The first-order chi connectivity index (χ1) is 32.2. The first-order valence-corrected chi connectivity index (χ1v) is 23.7. The summed E-state index contributed by atoms with van der Waals surface area (Å²) in [7, 11) is 0. The lowest BCUT2D eigenvalue weighted by Gasteiger charge is -2.44. The number of nitrogens with zero attached hydrogens (tertiary/aromatic N) is 2. The Morgan fingerprint density at radius 2 is 1.22 bits per heavy atom. The van der Waals surface area contributed by atoms with Crippen molar-refractivity contribution < 1.29 is 63.6 Å². The highest BCUT2D eigenvalue weighted by molar-refractivity contribution is 5.62. The summed E-state index contributed by atoms with van der Waals surface area (Å²) in [6, 6.07) is 0.770. The van der Waals surface area contributed by atoms with Crippen molar-refractivity contribution in [2.45, 2.75) is 136 Å². The zero-order valence-corrected chi connectivity index (χ0v) is 39.7. The summed E-state index contributed by atoms with van der Waals surface area (Å²) in [5.74, 6) is -14.7. The minimum absolute atomic E-state index is 0.0249. The van der Waals surface area contributed by atoms with Gasteiger partial charge in [0, 0.05) is 23.7 Å². The summed E-state index contributed by atoms with van der Waals surface area (Å²) in [4.78, 5) is 0. The average Bonchev–Trinajstić information content (AvgIpc) is 4.05. The highest BCUT2D eigenvalue weighted by Gasteiger charge is 2.48. The standard InChI is InChI=1S/C52H59F7N2O7/c1-9-50(3,4)35-20-36(53)39(42(55)41(35)54)48-60-61-49(67-48)40-43(56)45(58)47(46(59)44(40)57)66-27-12-13-34(31(18-27)25(15-28-21-62-28)16-29-22-63-29)52(7,8)26-11-14-37(68-51(5,6)10-2)32(17-26)33(38-24-65-38)19-30-23-64-30/h11-14,20,25,28-33,38H,9-10,15-19,21-24H2,1-8H3. The molecule has 7 atom stereocenters. The Labute approximate surface area is 392 Å². The molecule has 5 heterocycles. The number of halogens is 7. The van der Waals surface area contributed by atoms with Crippen LogP contribution in [0.15, 0.2) is 57.5 Å². The molecule has 4 saturated heterocycles. The number of rotatable bonds is 20. The summed E-state index contributed by atoms with van der Waals surface area (Å²) in [6.07, 6.45) is 12.3. The molecule has 7 unspecified atom stereocenters. The second-order valence-electron chi connectivity index (χ2n) is 21.0. The first-order valence-electron chi connectivity index (χ1n) is 23.7. The average molecular weight is 957 g/mol. The normalized spacial score (nSPS) is 25.5. The van der Waals surface area contributed by atoms with Gasteiger partial charge in [-0.1, -0.05) is 64.8 Å². The molecule has 9 nitrogen and oxygen atoms in total. The molecule has 2 aliphatic carbocycles. The third-order valence-electron chi connectivity index (χ3n) is 15.2. The fourth-order valence-electron chi connectivity index (χ4n) is 9.91. The lowest BCUT2D eigenvalue weighted by molar-refractivity contribution is 0.00270. The lowest BCUT2D eigenvalue weighted by Crippen LogP contribution is -2.36. The van der Waals surface area contributed by atoms with Gasteiger partial charge in [-0.25, -0.2) is 22.0 Å². The quantitative estimate of drug-likeness (QED) is 0.0621. The molecule has 6 aliphatic rings. The van der Waals surface area contributed by atoms with E-state index >= 15 is 30.7 Å². The Morgan fingerprint density at radius 1 is 0.647 bits per heavy atom. The predicted octanol–water partition coefficient (Wildman–Crippen LogP) is 12.3. The van der Waals surface area contributed by atoms with E-state index in [1.54, 1.807) is 26.8 Å². The summed E-state index contributed by atoms with van der Waals surface area (Å²) in [5, 5.41) is 6.90. The van der Waals surface area contributed by atoms with Gasteiger partial charge in [0.05, 0.1) is 50.8 Å². The third kappa shape index (κ3) is 9.80. The largest absolute Gasteiger partial charge is 0.492 e. The zero-order chi connectivity index (χ0) is 48.6. The summed E-state index contributed by atoms with van der Waals surface area (Å²) in [6.45, 7) is 18.1. The van der Waals surface area contributed by atoms with Crippen molar-refractivity contribution in [1.29, 1.82) is 0 Å².